The van der Waals surface area contributed by atoms with Crippen molar-refractivity contribution in [2.75, 3.05) is 37.4 Å². The second kappa shape index (κ2) is 12.0. The molecule has 0 unspecified atom stereocenters. The number of methoxy groups -OCH3 is 1. The first-order chi connectivity index (χ1) is 20.3. The number of fused-ring (bicyclic) bond motifs is 1. The number of amides is 4. The summed E-state index contributed by atoms with van der Waals surface area (Å²) in [5.41, 5.74) is 2.03. The molecule has 0 saturated carbocycles. The Kier molecular flexibility index (Phi) is 8.00. The van der Waals surface area contributed by atoms with Gasteiger partial charge in [0.25, 0.3) is 17.6 Å². The van der Waals surface area contributed by atoms with Gasteiger partial charge >= 0.3 is 12.0 Å². The highest BCUT2D eigenvalue weighted by atomic mass is 16.5. The highest BCUT2D eigenvalue weighted by Crippen LogP contribution is 2.27. The van der Waals surface area contributed by atoms with Crippen LogP contribution in [0.2, 0.25) is 0 Å². The number of para-hydroxylation sites is 2. The van der Waals surface area contributed by atoms with Crippen LogP contribution in [0.4, 0.5) is 16.2 Å². The predicted molar refractivity (Wildman–Crippen MR) is 157 cm³/mol. The van der Waals surface area contributed by atoms with Gasteiger partial charge in [-0.15, -0.1) is 0 Å². The lowest BCUT2D eigenvalue weighted by atomic mass is 10.1. The summed E-state index contributed by atoms with van der Waals surface area (Å²) in [7, 11) is 1.25. The second-order valence-electron chi connectivity index (χ2n) is 9.84. The third-order valence-electron chi connectivity index (χ3n) is 7.18. The normalized spacial score (nSPS) is 14.8. The lowest BCUT2D eigenvalue weighted by molar-refractivity contribution is -0.130. The molecule has 1 aliphatic rings. The number of urea groups is 1. The van der Waals surface area contributed by atoms with Crippen molar-refractivity contribution in [3.05, 3.63) is 95.7 Å². The number of Topliss-reactive ketones (excluding diaryl/α,β-unsaturated/α-hetero) is 1. The number of H-pyrrole nitrogens is 1. The fourth-order valence-electron chi connectivity index (χ4n) is 5.06. The number of aromatic nitrogens is 1. The molecule has 0 bridgehead atoms. The molecular weight excluding hydrogens is 538 g/mol. The highest BCUT2D eigenvalue weighted by Gasteiger charge is 2.34. The van der Waals surface area contributed by atoms with Crippen LogP contribution in [0.25, 0.3) is 10.9 Å². The summed E-state index contributed by atoms with van der Waals surface area (Å²) in [6, 6.07) is 19.4. The Labute approximate surface area is 241 Å². The minimum absolute atomic E-state index is 0.115. The molecule has 4 aromatic rings. The fourth-order valence-corrected chi connectivity index (χ4v) is 5.06. The van der Waals surface area contributed by atoms with E-state index < -0.39 is 23.7 Å². The number of hydrogen-bond acceptors (Lipinski definition) is 6. The Hall–Kier alpha value is -5.45. The van der Waals surface area contributed by atoms with Gasteiger partial charge in [0, 0.05) is 42.8 Å². The number of ketones is 1. The van der Waals surface area contributed by atoms with E-state index in [1.54, 1.807) is 65.6 Å². The maximum Gasteiger partial charge on any atom is 0.339 e. The number of rotatable bonds is 6. The van der Waals surface area contributed by atoms with Gasteiger partial charge in [0.2, 0.25) is 0 Å². The molecule has 5 rings (SSSR count). The van der Waals surface area contributed by atoms with Gasteiger partial charge in [-0.3, -0.25) is 14.4 Å². The summed E-state index contributed by atoms with van der Waals surface area (Å²) in [5, 5.41) is 5.82. The van der Waals surface area contributed by atoms with Crippen LogP contribution < -0.4 is 10.6 Å². The molecule has 214 valence electrons. The summed E-state index contributed by atoms with van der Waals surface area (Å²) < 4.78 is 4.77. The number of piperazine rings is 1. The molecule has 3 aromatic carbocycles. The highest BCUT2D eigenvalue weighted by molar-refractivity contribution is 6.45. The molecule has 42 heavy (non-hydrogen) atoms. The van der Waals surface area contributed by atoms with E-state index in [0.717, 1.165) is 0 Å². The van der Waals surface area contributed by atoms with Gasteiger partial charge in [-0.25, -0.2) is 9.59 Å². The van der Waals surface area contributed by atoms with E-state index in [9.17, 15) is 24.0 Å². The summed E-state index contributed by atoms with van der Waals surface area (Å²) in [6.07, 6.45) is 1.44. The molecule has 11 nitrogen and oxygen atoms in total. The van der Waals surface area contributed by atoms with Crippen molar-refractivity contribution < 1.29 is 28.7 Å². The van der Waals surface area contributed by atoms with Gasteiger partial charge < -0.3 is 30.2 Å². The molecule has 0 spiro atoms. The average Bonchev–Trinajstić information content (AvgIpc) is 3.45. The third kappa shape index (κ3) is 5.57. The van der Waals surface area contributed by atoms with Crippen LogP contribution in [0.1, 0.15) is 38.0 Å². The molecule has 1 saturated heterocycles. The zero-order valence-corrected chi connectivity index (χ0v) is 23.0. The van der Waals surface area contributed by atoms with Gasteiger partial charge in [0.15, 0.2) is 0 Å². The Bertz CT molecular complexity index is 1680. The molecule has 2 heterocycles. The summed E-state index contributed by atoms with van der Waals surface area (Å²) in [6.45, 7) is 2.66. The van der Waals surface area contributed by atoms with Gasteiger partial charge in [0.1, 0.15) is 0 Å². The minimum atomic E-state index is -0.690. The Morgan fingerprint density at radius 3 is 2.26 bits per heavy atom. The molecule has 4 amide bonds. The van der Waals surface area contributed by atoms with E-state index in [0.29, 0.717) is 35.2 Å². The van der Waals surface area contributed by atoms with E-state index in [-0.39, 0.29) is 35.3 Å². The molecule has 11 heteroatoms. The quantitative estimate of drug-likeness (QED) is 0.182. The fraction of sp³-hybridized carbons (Fsp3) is 0.194. The zero-order valence-electron chi connectivity index (χ0n) is 23.0. The number of anilines is 2. The molecule has 1 aromatic heterocycles. The van der Waals surface area contributed by atoms with E-state index in [2.05, 4.69) is 15.6 Å². The molecule has 0 radical (unpaired) electrons. The van der Waals surface area contributed by atoms with Gasteiger partial charge in [-0.05, 0) is 37.3 Å². The zero-order chi connectivity index (χ0) is 29.8. The monoisotopic (exact) mass is 567 g/mol. The smallest absolute Gasteiger partial charge is 0.339 e. The van der Waals surface area contributed by atoms with Crippen molar-refractivity contribution in [2.24, 2.45) is 0 Å². The number of hydrogen-bond donors (Lipinski definition) is 3. The first kappa shape index (κ1) is 28.1. The second-order valence-corrected chi connectivity index (χ2v) is 9.84. The molecule has 1 fully saturated rings. The summed E-state index contributed by atoms with van der Waals surface area (Å²) in [5.74, 6) is -2.06. The van der Waals surface area contributed by atoms with Crippen molar-refractivity contribution in [1.29, 1.82) is 0 Å². The molecule has 3 N–H and O–H groups in total. The number of benzene rings is 3. The average molecular weight is 568 g/mol. The van der Waals surface area contributed by atoms with Crippen LogP contribution in [-0.2, 0) is 9.53 Å². The van der Waals surface area contributed by atoms with E-state index in [1.165, 1.54) is 24.3 Å². The predicted octanol–water partition coefficient (Wildman–Crippen LogP) is 4.15. The number of carbonyl (C=O) groups is 5. The maximum absolute atomic E-state index is 13.4. The molecule has 0 aliphatic carbocycles. The van der Waals surface area contributed by atoms with Crippen molar-refractivity contribution in [3.63, 3.8) is 0 Å². The standard InChI is InChI=1S/C31H29N5O6/c1-19-18-35(28(38)20-9-4-3-5-10-20)15-16-36(19)29(39)27(37)23-17-32-26-21(23)12-8-14-25(26)34-31(41)33-24-13-7-6-11-22(24)30(40)42-2/h3-14,17,19,32H,15-16,18H2,1-2H3,(H2,33,34,41)/t19-/m1/s1. The largest absolute Gasteiger partial charge is 0.465 e. The molecule has 1 aliphatic heterocycles. The van der Waals surface area contributed by atoms with E-state index in [1.807, 2.05) is 13.0 Å². The van der Waals surface area contributed by atoms with Crippen molar-refractivity contribution in [1.82, 2.24) is 14.8 Å². The Morgan fingerprint density at radius 1 is 0.833 bits per heavy atom. The minimum Gasteiger partial charge on any atom is -0.465 e. The van der Waals surface area contributed by atoms with Gasteiger partial charge in [-0.2, -0.15) is 0 Å². The number of carbonyl (C=O) groups excluding carboxylic acids is 5. The van der Waals surface area contributed by atoms with Crippen molar-refractivity contribution >= 4 is 51.9 Å². The first-order valence-corrected chi connectivity index (χ1v) is 13.3. The van der Waals surface area contributed by atoms with Crippen LogP contribution in [-0.4, -0.2) is 77.2 Å². The number of aromatic amines is 1. The molecule has 1 atom stereocenters. The van der Waals surface area contributed by atoms with Gasteiger partial charge in [0.05, 0.1) is 35.1 Å². The van der Waals surface area contributed by atoms with Crippen LogP contribution >= 0.6 is 0 Å². The van der Waals surface area contributed by atoms with Crippen LogP contribution in [0.3, 0.4) is 0 Å². The number of nitrogens with zero attached hydrogens (tertiary/aromatic N) is 2. The maximum atomic E-state index is 13.4. The first-order valence-electron chi connectivity index (χ1n) is 13.3. The SMILES string of the molecule is COC(=O)c1ccccc1NC(=O)Nc1cccc2c(C(=O)C(=O)N3CCN(C(=O)c4ccccc4)C[C@H]3C)c[nH]c12. The Balaban J connectivity index is 1.28. The lowest BCUT2D eigenvalue weighted by Gasteiger charge is -2.39. The van der Waals surface area contributed by atoms with Crippen LogP contribution in [0.15, 0.2) is 79.0 Å². The Morgan fingerprint density at radius 2 is 1.52 bits per heavy atom. The summed E-state index contributed by atoms with van der Waals surface area (Å²) in [4.78, 5) is 70.5. The van der Waals surface area contributed by atoms with E-state index in [4.69, 9.17) is 4.74 Å². The summed E-state index contributed by atoms with van der Waals surface area (Å²) >= 11 is 0. The van der Waals surface area contributed by atoms with E-state index >= 15 is 0 Å². The lowest BCUT2D eigenvalue weighted by Crippen LogP contribution is -2.56. The van der Waals surface area contributed by atoms with Crippen molar-refractivity contribution in [2.45, 2.75) is 13.0 Å². The number of esters is 1. The topological polar surface area (TPSA) is 141 Å². The number of nitrogens with one attached hydrogen (secondary N) is 3. The van der Waals surface area contributed by atoms with Crippen LogP contribution in [0.5, 0.6) is 0 Å². The molecular formula is C31H29N5O6. The third-order valence-corrected chi connectivity index (χ3v) is 7.18. The van der Waals surface area contributed by atoms with Crippen LogP contribution in [0, 0.1) is 0 Å². The number of ether oxygens (including phenoxy) is 1. The van der Waals surface area contributed by atoms with Crippen molar-refractivity contribution in [3.8, 4) is 0 Å². The van der Waals surface area contributed by atoms with Gasteiger partial charge in [-0.1, -0.05) is 42.5 Å².